The summed E-state index contributed by atoms with van der Waals surface area (Å²) in [5.74, 6) is 1.48. The van der Waals surface area contributed by atoms with Gasteiger partial charge >= 0.3 is 0 Å². The van der Waals surface area contributed by atoms with E-state index in [0.717, 1.165) is 12.4 Å². The molecule has 1 aromatic rings. The largest absolute Gasteiger partial charge is 0.322 e. The summed E-state index contributed by atoms with van der Waals surface area (Å²) in [6.45, 7) is 7.35. The van der Waals surface area contributed by atoms with Crippen LogP contribution < -0.4 is 5.73 Å². The standard InChI is InChI=1S/C9H17N5/c1-6(10)8-11-12-13-14(8)5-7-4-9(7,2)3/h6-7H,4-5,10H2,1-3H3. The van der Waals surface area contributed by atoms with Crippen molar-refractivity contribution >= 4 is 0 Å². The molecule has 14 heavy (non-hydrogen) atoms. The van der Waals surface area contributed by atoms with Crippen LogP contribution in [0, 0.1) is 11.3 Å². The van der Waals surface area contributed by atoms with Gasteiger partial charge in [0.25, 0.3) is 0 Å². The summed E-state index contributed by atoms with van der Waals surface area (Å²) in [4.78, 5) is 0. The summed E-state index contributed by atoms with van der Waals surface area (Å²) in [5.41, 5.74) is 6.22. The first-order chi connectivity index (χ1) is 6.50. The normalized spacial score (nSPS) is 26.1. The Morgan fingerprint density at radius 3 is 2.79 bits per heavy atom. The van der Waals surface area contributed by atoms with E-state index in [9.17, 15) is 0 Å². The molecule has 1 aliphatic rings. The van der Waals surface area contributed by atoms with Crippen LogP contribution in [0.4, 0.5) is 0 Å². The maximum absolute atomic E-state index is 5.76. The van der Waals surface area contributed by atoms with Gasteiger partial charge in [-0.2, -0.15) is 0 Å². The molecule has 0 bridgehead atoms. The average Bonchev–Trinajstić information content (AvgIpc) is 2.52. The molecule has 2 N–H and O–H groups in total. The van der Waals surface area contributed by atoms with Crippen molar-refractivity contribution in [2.75, 3.05) is 0 Å². The van der Waals surface area contributed by atoms with Crippen molar-refractivity contribution in [2.45, 2.75) is 39.8 Å². The van der Waals surface area contributed by atoms with E-state index in [0.29, 0.717) is 11.3 Å². The van der Waals surface area contributed by atoms with Crippen molar-refractivity contribution in [3.05, 3.63) is 5.82 Å². The van der Waals surface area contributed by atoms with Crippen molar-refractivity contribution in [1.82, 2.24) is 20.2 Å². The van der Waals surface area contributed by atoms with Crippen molar-refractivity contribution in [3.8, 4) is 0 Å². The highest BCUT2D eigenvalue weighted by Crippen LogP contribution is 2.52. The number of nitrogens with two attached hydrogens (primary N) is 1. The third-order valence-corrected chi connectivity index (χ3v) is 3.08. The summed E-state index contributed by atoms with van der Waals surface area (Å²) >= 11 is 0. The Labute approximate surface area is 83.7 Å². The van der Waals surface area contributed by atoms with Crippen LogP contribution in [0.25, 0.3) is 0 Å². The van der Waals surface area contributed by atoms with Gasteiger partial charge in [-0.3, -0.25) is 0 Å². The van der Waals surface area contributed by atoms with E-state index in [1.54, 1.807) is 0 Å². The third kappa shape index (κ3) is 1.64. The Morgan fingerprint density at radius 1 is 1.64 bits per heavy atom. The maximum atomic E-state index is 5.76. The highest BCUT2D eigenvalue weighted by Gasteiger charge is 2.46. The fourth-order valence-electron chi connectivity index (χ4n) is 1.76. The number of rotatable bonds is 3. The lowest BCUT2D eigenvalue weighted by Gasteiger charge is -2.07. The quantitative estimate of drug-likeness (QED) is 0.772. The van der Waals surface area contributed by atoms with Gasteiger partial charge in [-0.05, 0) is 35.1 Å². The van der Waals surface area contributed by atoms with Gasteiger partial charge in [0.1, 0.15) is 0 Å². The van der Waals surface area contributed by atoms with Crippen LogP contribution in [0.1, 0.15) is 39.1 Å². The Kier molecular flexibility index (Phi) is 2.06. The minimum atomic E-state index is -0.0909. The Hall–Kier alpha value is -0.970. The van der Waals surface area contributed by atoms with Crippen LogP contribution in [0.5, 0.6) is 0 Å². The summed E-state index contributed by atoms with van der Waals surface area (Å²) in [5, 5.41) is 11.5. The van der Waals surface area contributed by atoms with Crippen molar-refractivity contribution in [2.24, 2.45) is 17.1 Å². The fourth-order valence-corrected chi connectivity index (χ4v) is 1.76. The second-order valence-corrected chi connectivity index (χ2v) is 4.90. The lowest BCUT2D eigenvalue weighted by Crippen LogP contribution is -2.16. The van der Waals surface area contributed by atoms with E-state index < -0.39 is 0 Å². The molecule has 1 aromatic heterocycles. The van der Waals surface area contributed by atoms with E-state index in [-0.39, 0.29) is 6.04 Å². The molecule has 1 heterocycles. The van der Waals surface area contributed by atoms with Crippen LogP contribution in [0.2, 0.25) is 0 Å². The molecule has 1 aliphatic carbocycles. The predicted molar refractivity (Wildman–Crippen MR) is 52.3 cm³/mol. The van der Waals surface area contributed by atoms with E-state index in [1.807, 2.05) is 11.6 Å². The topological polar surface area (TPSA) is 69.6 Å². The number of aromatic nitrogens is 4. The number of nitrogens with zero attached hydrogens (tertiary/aromatic N) is 4. The minimum Gasteiger partial charge on any atom is -0.322 e. The molecule has 0 aliphatic heterocycles. The molecule has 2 rings (SSSR count). The summed E-state index contributed by atoms with van der Waals surface area (Å²) in [6, 6.07) is -0.0909. The second-order valence-electron chi connectivity index (χ2n) is 4.90. The maximum Gasteiger partial charge on any atom is 0.167 e. The first-order valence-corrected chi connectivity index (χ1v) is 5.02. The molecule has 0 amide bonds. The third-order valence-electron chi connectivity index (χ3n) is 3.08. The zero-order chi connectivity index (χ0) is 10.3. The Bertz CT molecular complexity index is 328. The molecule has 5 nitrogen and oxygen atoms in total. The molecule has 5 heteroatoms. The van der Waals surface area contributed by atoms with Gasteiger partial charge in [-0.15, -0.1) is 5.10 Å². The molecule has 0 aromatic carbocycles. The van der Waals surface area contributed by atoms with Crippen molar-refractivity contribution in [3.63, 3.8) is 0 Å². The predicted octanol–water partition coefficient (Wildman–Crippen LogP) is 0.739. The van der Waals surface area contributed by atoms with Gasteiger partial charge in [0, 0.05) is 6.54 Å². The molecule has 0 spiro atoms. The average molecular weight is 195 g/mol. The fraction of sp³-hybridized carbons (Fsp3) is 0.889. The van der Waals surface area contributed by atoms with Gasteiger partial charge < -0.3 is 5.73 Å². The van der Waals surface area contributed by atoms with Crippen molar-refractivity contribution < 1.29 is 0 Å². The minimum absolute atomic E-state index is 0.0909. The molecule has 2 atom stereocenters. The first-order valence-electron chi connectivity index (χ1n) is 5.02. The SMILES string of the molecule is CC(N)c1nnnn1CC1CC1(C)C. The molecule has 1 saturated carbocycles. The van der Waals surface area contributed by atoms with Crippen LogP contribution in [0.3, 0.4) is 0 Å². The zero-order valence-corrected chi connectivity index (χ0v) is 8.94. The van der Waals surface area contributed by atoms with Gasteiger partial charge in [-0.1, -0.05) is 13.8 Å². The van der Waals surface area contributed by atoms with Gasteiger partial charge in [0.05, 0.1) is 6.04 Å². The van der Waals surface area contributed by atoms with E-state index in [1.165, 1.54) is 6.42 Å². The zero-order valence-electron chi connectivity index (χ0n) is 8.94. The highest BCUT2D eigenvalue weighted by molar-refractivity contribution is 4.97. The van der Waals surface area contributed by atoms with E-state index in [4.69, 9.17) is 5.73 Å². The van der Waals surface area contributed by atoms with Gasteiger partial charge in [0.2, 0.25) is 0 Å². The van der Waals surface area contributed by atoms with Crippen LogP contribution >= 0.6 is 0 Å². The smallest absolute Gasteiger partial charge is 0.167 e. The van der Waals surface area contributed by atoms with Crippen LogP contribution in [-0.4, -0.2) is 20.2 Å². The highest BCUT2D eigenvalue weighted by atomic mass is 15.5. The molecule has 78 valence electrons. The second kappa shape index (κ2) is 3.02. The first kappa shape index (κ1) is 9.58. The molecule has 0 radical (unpaired) electrons. The summed E-state index contributed by atoms with van der Waals surface area (Å²) in [7, 11) is 0. The summed E-state index contributed by atoms with van der Waals surface area (Å²) < 4.78 is 1.84. The number of hydrogen-bond donors (Lipinski definition) is 1. The Morgan fingerprint density at radius 2 is 2.29 bits per heavy atom. The Balaban J connectivity index is 2.07. The lowest BCUT2D eigenvalue weighted by molar-refractivity contribution is 0.446. The molecular weight excluding hydrogens is 178 g/mol. The van der Waals surface area contributed by atoms with Gasteiger partial charge in [0.15, 0.2) is 5.82 Å². The van der Waals surface area contributed by atoms with Crippen molar-refractivity contribution in [1.29, 1.82) is 0 Å². The number of tetrazole rings is 1. The molecule has 1 fully saturated rings. The van der Waals surface area contributed by atoms with Crippen LogP contribution in [-0.2, 0) is 6.54 Å². The molecule has 0 saturated heterocycles. The molecule has 2 unspecified atom stereocenters. The summed E-state index contributed by atoms with van der Waals surface area (Å²) in [6.07, 6.45) is 1.26. The monoisotopic (exact) mass is 195 g/mol. The lowest BCUT2D eigenvalue weighted by atomic mass is 10.1. The molecular formula is C9H17N5. The van der Waals surface area contributed by atoms with Gasteiger partial charge in [-0.25, -0.2) is 4.68 Å². The number of hydrogen-bond acceptors (Lipinski definition) is 4. The van der Waals surface area contributed by atoms with E-state index in [2.05, 4.69) is 29.4 Å². The van der Waals surface area contributed by atoms with Crippen LogP contribution in [0.15, 0.2) is 0 Å². The van der Waals surface area contributed by atoms with E-state index >= 15 is 0 Å².